The molecule has 0 aliphatic carbocycles. The minimum absolute atomic E-state index is 0.105. The molecule has 0 heterocycles. The fourth-order valence-electron chi connectivity index (χ4n) is 1.91. The molecule has 0 aliphatic heterocycles. The van der Waals surface area contributed by atoms with Crippen molar-refractivity contribution in [1.29, 1.82) is 0 Å². The third kappa shape index (κ3) is 9.83. The predicted octanol–water partition coefficient (Wildman–Crippen LogP) is 5.71. The van der Waals surface area contributed by atoms with E-state index in [2.05, 4.69) is 6.08 Å². The molecule has 7 heteroatoms. The summed E-state index contributed by atoms with van der Waals surface area (Å²) in [6, 6.07) is 0. The number of nitrogens with zero attached hydrogens (tertiary/aromatic N) is 1. The lowest BCUT2D eigenvalue weighted by molar-refractivity contribution is 0.0335. The van der Waals surface area contributed by atoms with E-state index in [4.69, 9.17) is 13.8 Å². The van der Waals surface area contributed by atoms with Crippen molar-refractivity contribution in [1.82, 2.24) is 4.67 Å². The Balaban J connectivity index is 5.41. The lowest BCUT2D eigenvalue weighted by atomic mass is 10.1. The van der Waals surface area contributed by atoms with Crippen LogP contribution in [0.3, 0.4) is 0 Å². The monoisotopic (exact) mass is 375 g/mol. The van der Waals surface area contributed by atoms with Gasteiger partial charge in [0, 0.05) is 0 Å². The Morgan fingerprint density at radius 3 is 2.16 bits per heavy atom. The fraction of sp³-hybridized carbons (Fsp3) is 0.722. The van der Waals surface area contributed by atoms with E-state index in [1.807, 2.05) is 26.0 Å². The molecule has 0 aliphatic rings. The Morgan fingerprint density at radius 1 is 1.16 bits per heavy atom. The van der Waals surface area contributed by atoms with Crippen LogP contribution in [-0.2, 0) is 18.3 Å². The van der Waals surface area contributed by atoms with E-state index in [0.29, 0.717) is 0 Å². The molecule has 0 bridgehead atoms. The van der Waals surface area contributed by atoms with Gasteiger partial charge in [0.2, 0.25) is 0 Å². The first-order chi connectivity index (χ1) is 11.6. The van der Waals surface area contributed by atoms with Gasteiger partial charge < -0.3 is 4.74 Å². The van der Waals surface area contributed by atoms with Crippen LogP contribution in [0.4, 0.5) is 4.79 Å². The standard InChI is InChI=1S/C18H34NO5P/c1-8-11-12-13-16(4)14-15-19(17(20)24-18(5,6)7)25(21,22-9-2)23-10-3/h8,11,14H,9-10,12-13,15H2,1-7H3/b11-8+,16-14+. The Hall–Kier alpha value is -1.10. The van der Waals surface area contributed by atoms with Crippen LogP contribution in [0.2, 0.25) is 0 Å². The van der Waals surface area contributed by atoms with Gasteiger partial charge in [0.15, 0.2) is 0 Å². The van der Waals surface area contributed by atoms with Crippen LogP contribution in [-0.4, -0.2) is 36.1 Å². The van der Waals surface area contributed by atoms with E-state index >= 15 is 0 Å². The number of carbonyl (C=O) groups excluding carboxylic acids is 1. The van der Waals surface area contributed by atoms with Crippen molar-refractivity contribution in [2.24, 2.45) is 0 Å². The summed E-state index contributed by atoms with van der Waals surface area (Å²) in [6.07, 6.45) is 7.00. The molecule has 0 aromatic heterocycles. The van der Waals surface area contributed by atoms with E-state index in [1.165, 1.54) is 0 Å². The first kappa shape index (κ1) is 23.9. The normalized spacial score (nSPS) is 13.3. The van der Waals surface area contributed by atoms with E-state index in [-0.39, 0.29) is 19.8 Å². The molecule has 0 aromatic rings. The zero-order valence-corrected chi connectivity index (χ0v) is 17.6. The van der Waals surface area contributed by atoms with Crippen molar-refractivity contribution in [3.63, 3.8) is 0 Å². The number of amides is 1. The third-order valence-corrected chi connectivity index (χ3v) is 5.13. The predicted molar refractivity (Wildman–Crippen MR) is 102 cm³/mol. The maximum absolute atomic E-state index is 13.1. The maximum Gasteiger partial charge on any atom is 0.440 e. The molecule has 0 unspecified atom stereocenters. The summed E-state index contributed by atoms with van der Waals surface area (Å²) in [4.78, 5) is 12.6. The number of carbonyl (C=O) groups is 1. The van der Waals surface area contributed by atoms with Crippen LogP contribution in [0, 0.1) is 0 Å². The summed E-state index contributed by atoms with van der Waals surface area (Å²) < 4.78 is 30.1. The molecule has 0 atom stereocenters. The van der Waals surface area contributed by atoms with Gasteiger partial charge in [-0.25, -0.2) is 14.0 Å². The number of ether oxygens (including phenoxy) is 1. The molecular formula is C18H34NO5P. The smallest absolute Gasteiger partial charge is 0.440 e. The van der Waals surface area contributed by atoms with Crippen molar-refractivity contribution in [3.8, 4) is 0 Å². The molecule has 0 N–H and O–H groups in total. The van der Waals surface area contributed by atoms with Gasteiger partial charge in [-0.3, -0.25) is 9.05 Å². The molecule has 1 amide bonds. The van der Waals surface area contributed by atoms with Gasteiger partial charge in [-0.05, 0) is 61.3 Å². The molecule has 0 saturated carbocycles. The molecule has 6 nitrogen and oxygen atoms in total. The maximum atomic E-state index is 13.1. The molecule has 0 spiro atoms. The van der Waals surface area contributed by atoms with Crippen molar-refractivity contribution < 1.29 is 23.1 Å². The highest BCUT2D eigenvalue weighted by Crippen LogP contribution is 2.52. The molecule has 0 aromatic carbocycles. The SMILES string of the molecule is C/C=C/CC/C(C)=C/CN(C(=O)OC(C)(C)C)P(=O)(OCC)OCC. The molecule has 146 valence electrons. The highest BCUT2D eigenvalue weighted by atomic mass is 31.2. The van der Waals surface area contributed by atoms with E-state index < -0.39 is 19.4 Å². The van der Waals surface area contributed by atoms with Crippen LogP contribution in [0.5, 0.6) is 0 Å². The molecule has 0 fully saturated rings. The Kier molecular flexibility index (Phi) is 11.0. The lowest BCUT2D eigenvalue weighted by Gasteiger charge is -2.31. The van der Waals surface area contributed by atoms with E-state index in [9.17, 15) is 9.36 Å². The molecule has 0 radical (unpaired) electrons. The highest BCUT2D eigenvalue weighted by Gasteiger charge is 2.39. The van der Waals surface area contributed by atoms with Crippen LogP contribution >= 0.6 is 7.75 Å². The van der Waals surface area contributed by atoms with Gasteiger partial charge in [0.1, 0.15) is 5.60 Å². The summed E-state index contributed by atoms with van der Waals surface area (Å²) >= 11 is 0. The van der Waals surface area contributed by atoms with Crippen LogP contribution in [0.15, 0.2) is 23.8 Å². The van der Waals surface area contributed by atoms with Crippen LogP contribution in [0.1, 0.15) is 61.3 Å². The summed E-state index contributed by atoms with van der Waals surface area (Å²) in [7, 11) is -3.76. The second-order valence-corrected chi connectivity index (χ2v) is 8.46. The van der Waals surface area contributed by atoms with Gasteiger partial charge in [-0.15, -0.1) is 0 Å². The third-order valence-electron chi connectivity index (χ3n) is 3.04. The van der Waals surface area contributed by atoms with E-state index in [0.717, 1.165) is 23.1 Å². The van der Waals surface area contributed by atoms with Gasteiger partial charge in [-0.1, -0.05) is 23.8 Å². The van der Waals surface area contributed by atoms with Crippen molar-refractivity contribution in [2.45, 2.75) is 66.9 Å². The minimum Gasteiger partial charge on any atom is -0.443 e. The quantitative estimate of drug-likeness (QED) is 0.361. The number of hydrogen-bond donors (Lipinski definition) is 0. The molecule has 0 rings (SSSR count). The molecule has 25 heavy (non-hydrogen) atoms. The lowest BCUT2D eigenvalue weighted by Crippen LogP contribution is -2.36. The second-order valence-electron chi connectivity index (χ2n) is 6.52. The van der Waals surface area contributed by atoms with Crippen molar-refractivity contribution >= 4 is 13.8 Å². The molecule has 0 saturated heterocycles. The van der Waals surface area contributed by atoms with Gasteiger partial charge in [-0.2, -0.15) is 0 Å². The Labute approximate surface area is 152 Å². The number of rotatable bonds is 10. The van der Waals surface area contributed by atoms with Gasteiger partial charge in [0.25, 0.3) is 0 Å². The van der Waals surface area contributed by atoms with Crippen molar-refractivity contribution in [3.05, 3.63) is 23.8 Å². The first-order valence-corrected chi connectivity index (χ1v) is 10.3. The zero-order valence-electron chi connectivity index (χ0n) is 16.7. The van der Waals surface area contributed by atoms with Crippen LogP contribution < -0.4 is 0 Å². The number of allylic oxidation sites excluding steroid dienone is 3. The average Bonchev–Trinajstić information content (AvgIpc) is 2.46. The van der Waals surface area contributed by atoms with E-state index in [1.54, 1.807) is 34.6 Å². The summed E-state index contributed by atoms with van der Waals surface area (Å²) in [6.45, 7) is 13.1. The highest BCUT2D eigenvalue weighted by molar-refractivity contribution is 7.52. The minimum atomic E-state index is -3.76. The van der Waals surface area contributed by atoms with Gasteiger partial charge in [0.05, 0.1) is 19.8 Å². The summed E-state index contributed by atoms with van der Waals surface area (Å²) in [5.41, 5.74) is 0.384. The average molecular weight is 375 g/mol. The molecular weight excluding hydrogens is 341 g/mol. The summed E-state index contributed by atoms with van der Waals surface area (Å²) in [5, 5.41) is 0. The van der Waals surface area contributed by atoms with Crippen LogP contribution in [0.25, 0.3) is 0 Å². The van der Waals surface area contributed by atoms with Gasteiger partial charge >= 0.3 is 13.8 Å². The second kappa shape index (κ2) is 11.5. The Morgan fingerprint density at radius 2 is 1.72 bits per heavy atom. The largest absolute Gasteiger partial charge is 0.443 e. The number of hydrogen-bond acceptors (Lipinski definition) is 5. The first-order valence-electron chi connectivity index (χ1n) is 8.76. The fourth-order valence-corrected chi connectivity index (χ4v) is 3.44. The summed E-state index contributed by atoms with van der Waals surface area (Å²) in [5.74, 6) is 0. The zero-order chi connectivity index (χ0) is 19.5. The topological polar surface area (TPSA) is 65.1 Å². The van der Waals surface area contributed by atoms with Crippen molar-refractivity contribution in [2.75, 3.05) is 19.8 Å². The Bertz CT molecular complexity index is 498.